The van der Waals surface area contributed by atoms with E-state index in [1.54, 1.807) is 0 Å². The molecule has 126 valence electrons. The van der Waals surface area contributed by atoms with Gasteiger partial charge in [0.2, 0.25) is 0 Å². The molecule has 0 aliphatic heterocycles. The lowest BCUT2D eigenvalue weighted by atomic mass is 9.86. The third kappa shape index (κ3) is 3.17. The minimum absolute atomic E-state index is 0.0322. The predicted molar refractivity (Wildman–Crippen MR) is 82.0 cm³/mol. The molecular formula is C17H22F2N2O2. The van der Waals surface area contributed by atoms with Crippen molar-refractivity contribution >= 4 is 6.03 Å². The number of rotatable bonds is 4. The van der Waals surface area contributed by atoms with Crippen molar-refractivity contribution in [1.29, 1.82) is 0 Å². The van der Waals surface area contributed by atoms with Crippen LogP contribution in [0.2, 0.25) is 0 Å². The fraction of sp³-hybridized carbons (Fsp3) is 0.588. The van der Waals surface area contributed by atoms with Crippen LogP contribution in [0.3, 0.4) is 0 Å². The molecule has 1 aromatic rings. The van der Waals surface area contributed by atoms with E-state index in [1.807, 2.05) is 6.92 Å². The van der Waals surface area contributed by atoms with Gasteiger partial charge >= 0.3 is 6.03 Å². The zero-order chi connectivity index (χ0) is 16.6. The molecule has 2 fully saturated rings. The van der Waals surface area contributed by atoms with E-state index in [2.05, 4.69) is 10.6 Å². The van der Waals surface area contributed by atoms with Gasteiger partial charge in [0.1, 0.15) is 11.6 Å². The van der Waals surface area contributed by atoms with Crippen molar-refractivity contribution in [3.05, 3.63) is 35.4 Å². The number of nitrogens with one attached hydrogen (secondary N) is 2. The van der Waals surface area contributed by atoms with Gasteiger partial charge in [-0.1, -0.05) is 19.4 Å². The zero-order valence-corrected chi connectivity index (χ0v) is 13.1. The predicted octanol–water partition coefficient (Wildman–Crippen LogP) is 2.67. The summed E-state index contributed by atoms with van der Waals surface area (Å²) in [5, 5.41) is 15.2. The zero-order valence-electron chi connectivity index (χ0n) is 13.1. The molecule has 2 amide bonds. The third-order valence-electron chi connectivity index (χ3n) is 5.23. The summed E-state index contributed by atoms with van der Waals surface area (Å²) in [6, 6.07) is 3.15. The smallest absolute Gasteiger partial charge is 0.315 e. The maximum atomic E-state index is 13.7. The van der Waals surface area contributed by atoms with Crippen molar-refractivity contribution < 1.29 is 18.7 Å². The van der Waals surface area contributed by atoms with Crippen molar-refractivity contribution in [2.75, 3.05) is 6.61 Å². The molecule has 0 saturated heterocycles. The highest BCUT2D eigenvalue weighted by Gasteiger charge is 2.44. The minimum Gasteiger partial charge on any atom is -0.396 e. The van der Waals surface area contributed by atoms with Gasteiger partial charge in [0.25, 0.3) is 0 Å². The van der Waals surface area contributed by atoms with Crippen molar-refractivity contribution in [3.63, 3.8) is 0 Å². The summed E-state index contributed by atoms with van der Waals surface area (Å²) in [6.07, 6.45) is 3.21. The molecule has 4 unspecified atom stereocenters. The molecule has 3 rings (SSSR count). The number of benzene rings is 1. The molecule has 2 aliphatic rings. The maximum absolute atomic E-state index is 13.7. The second-order valence-electron chi connectivity index (χ2n) is 6.96. The lowest BCUT2D eigenvalue weighted by molar-refractivity contribution is 0.121. The van der Waals surface area contributed by atoms with Crippen LogP contribution in [-0.4, -0.2) is 29.8 Å². The normalized spacial score (nSPS) is 32.6. The Morgan fingerprint density at radius 2 is 2.04 bits per heavy atom. The van der Waals surface area contributed by atoms with Gasteiger partial charge in [-0.2, -0.15) is 0 Å². The number of urea groups is 1. The van der Waals surface area contributed by atoms with Crippen LogP contribution in [0.4, 0.5) is 13.6 Å². The highest BCUT2D eigenvalue weighted by molar-refractivity contribution is 5.75. The first-order chi connectivity index (χ1) is 10.9. The molecule has 6 heteroatoms. The van der Waals surface area contributed by atoms with Crippen LogP contribution < -0.4 is 10.6 Å². The van der Waals surface area contributed by atoms with E-state index in [-0.39, 0.29) is 41.6 Å². The van der Waals surface area contributed by atoms with Crippen molar-refractivity contribution in [1.82, 2.24) is 10.6 Å². The van der Waals surface area contributed by atoms with Crippen LogP contribution >= 0.6 is 0 Å². The molecule has 2 aliphatic carbocycles. The van der Waals surface area contributed by atoms with Crippen molar-refractivity contribution in [2.24, 2.45) is 5.41 Å². The van der Waals surface area contributed by atoms with Crippen molar-refractivity contribution in [2.45, 2.75) is 50.6 Å². The Kier molecular flexibility index (Phi) is 4.27. The van der Waals surface area contributed by atoms with E-state index in [0.717, 1.165) is 19.3 Å². The molecule has 0 aromatic heterocycles. The molecular weight excluding hydrogens is 302 g/mol. The number of aliphatic hydroxyl groups is 1. The van der Waals surface area contributed by atoms with E-state index in [1.165, 1.54) is 18.2 Å². The van der Waals surface area contributed by atoms with Crippen LogP contribution in [0, 0.1) is 17.0 Å². The van der Waals surface area contributed by atoms with E-state index < -0.39 is 11.6 Å². The summed E-state index contributed by atoms with van der Waals surface area (Å²) in [7, 11) is 0. The largest absolute Gasteiger partial charge is 0.396 e. The summed E-state index contributed by atoms with van der Waals surface area (Å²) < 4.78 is 27.5. The molecule has 4 nitrogen and oxygen atoms in total. The number of halogens is 2. The number of hydrogen-bond acceptors (Lipinski definition) is 2. The Labute approximate surface area is 134 Å². The average molecular weight is 324 g/mol. The van der Waals surface area contributed by atoms with Crippen LogP contribution in [0.5, 0.6) is 0 Å². The lowest BCUT2D eigenvalue weighted by Gasteiger charge is -2.30. The third-order valence-corrected chi connectivity index (χ3v) is 5.23. The monoisotopic (exact) mass is 324 g/mol. The molecule has 0 bridgehead atoms. The first-order valence-corrected chi connectivity index (χ1v) is 8.06. The lowest BCUT2D eigenvalue weighted by Crippen LogP contribution is -2.49. The number of aliphatic hydroxyl groups excluding tert-OH is 1. The highest BCUT2D eigenvalue weighted by Crippen LogP contribution is 2.43. The van der Waals surface area contributed by atoms with E-state index >= 15 is 0 Å². The molecule has 3 N–H and O–H groups in total. The summed E-state index contributed by atoms with van der Waals surface area (Å²) >= 11 is 0. The minimum atomic E-state index is -0.566. The summed E-state index contributed by atoms with van der Waals surface area (Å²) in [5.74, 6) is -1.44. The van der Waals surface area contributed by atoms with Gasteiger partial charge < -0.3 is 15.7 Å². The SMILES string of the molecule is CC1(CO)CCCC1NC(=O)NC1CC1c1c(F)cccc1F. The van der Waals surface area contributed by atoms with Crippen LogP contribution in [0.25, 0.3) is 0 Å². The van der Waals surface area contributed by atoms with E-state index in [9.17, 15) is 18.7 Å². The summed E-state index contributed by atoms with van der Waals surface area (Å²) in [4.78, 5) is 12.1. The Balaban J connectivity index is 1.56. The molecule has 4 atom stereocenters. The van der Waals surface area contributed by atoms with Gasteiger partial charge in [0.15, 0.2) is 0 Å². The Morgan fingerprint density at radius 1 is 1.35 bits per heavy atom. The topological polar surface area (TPSA) is 61.4 Å². The van der Waals surface area contributed by atoms with Crippen LogP contribution in [0.1, 0.15) is 44.1 Å². The van der Waals surface area contributed by atoms with Gasteiger partial charge in [-0.25, -0.2) is 13.6 Å². The highest BCUT2D eigenvalue weighted by atomic mass is 19.1. The molecule has 1 aromatic carbocycles. The summed E-state index contributed by atoms with van der Waals surface area (Å²) in [6.45, 7) is 1.99. The second-order valence-corrected chi connectivity index (χ2v) is 6.96. The molecule has 23 heavy (non-hydrogen) atoms. The van der Waals surface area contributed by atoms with E-state index in [4.69, 9.17) is 0 Å². The van der Waals surface area contributed by atoms with Crippen LogP contribution in [-0.2, 0) is 0 Å². The fourth-order valence-electron chi connectivity index (χ4n) is 3.58. The molecule has 0 heterocycles. The van der Waals surface area contributed by atoms with Gasteiger partial charge in [0, 0.05) is 29.0 Å². The quantitative estimate of drug-likeness (QED) is 0.797. The van der Waals surface area contributed by atoms with Gasteiger partial charge in [-0.3, -0.25) is 0 Å². The van der Waals surface area contributed by atoms with Gasteiger partial charge in [-0.15, -0.1) is 0 Å². The molecule has 0 radical (unpaired) electrons. The number of carbonyl (C=O) groups is 1. The molecule has 2 saturated carbocycles. The Bertz CT molecular complexity index is 590. The second kappa shape index (κ2) is 6.07. The average Bonchev–Trinajstić information content (AvgIpc) is 3.14. The van der Waals surface area contributed by atoms with Crippen LogP contribution in [0.15, 0.2) is 18.2 Å². The fourth-order valence-corrected chi connectivity index (χ4v) is 3.58. The number of hydrogen-bond donors (Lipinski definition) is 3. The first kappa shape index (κ1) is 16.2. The van der Waals surface area contributed by atoms with Crippen molar-refractivity contribution in [3.8, 4) is 0 Å². The maximum Gasteiger partial charge on any atom is 0.315 e. The number of carbonyl (C=O) groups excluding carboxylic acids is 1. The van der Waals surface area contributed by atoms with E-state index in [0.29, 0.717) is 6.42 Å². The first-order valence-electron chi connectivity index (χ1n) is 8.06. The number of amides is 2. The Hall–Kier alpha value is -1.69. The van der Waals surface area contributed by atoms with Gasteiger partial charge in [-0.05, 0) is 31.4 Å². The van der Waals surface area contributed by atoms with Gasteiger partial charge in [0.05, 0.1) is 6.61 Å². The Morgan fingerprint density at radius 3 is 2.70 bits per heavy atom. The summed E-state index contributed by atoms with van der Waals surface area (Å²) in [5.41, 5.74) is -0.239. The molecule has 0 spiro atoms. The standard InChI is InChI=1S/C17H22F2N2O2/c1-17(9-22)7-3-6-14(17)21-16(23)20-13-8-10(13)15-11(18)4-2-5-12(15)19/h2,4-5,10,13-14,22H,3,6-9H2,1H3,(H2,20,21,23).